The summed E-state index contributed by atoms with van der Waals surface area (Å²) in [5.74, 6) is 0.624. The molecule has 1 nitrogen and oxygen atoms in total. The number of benzene rings is 1. The van der Waals surface area contributed by atoms with Crippen LogP contribution < -0.4 is 5.73 Å². The first-order valence-corrected chi connectivity index (χ1v) is 7.26. The van der Waals surface area contributed by atoms with Crippen LogP contribution in [0.5, 0.6) is 0 Å². The Kier molecular flexibility index (Phi) is 6.31. The van der Waals surface area contributed by atoms with Gasteiger partial charge in [0.2, 0.25) is 0 Å². The van der Waals surface area contributed by atoms with E-state index in [2.05, 4.69) is 13.8 Å². The van der Waals surface area contributed by atoms with E-state index in [0.29, 0.717) is 22.3 Å². The minimum absolute atomic E-state index is 0.0260. The number of thioether (sulfide) groups is 1. The van der Waals surface area contributed by atoms with E-state index in [9.17, 15) is 4.39 Å². The number of nitrogens with two attached hydrogens (primary N) is 1. The first kappa shape index (κ1) is 14.8. The average molecular weight is 276 g/mol. The molecule has 0 aromatic heterocycles. The van der Waals surface area contributed by atoms with Crippen molar-refractivity contribution in [3.63, 3.8) is 0 Å². The molecule has 0 aliphatic carbocycles. The largest absolute Gasteiger partial charge is 0.327 e. The van der Waals surface area contributed by atoms with Crippen LogP contribution in [0.3, 0.4) is 0 Å². The highest BCUT2D eigenvalue weighted by molar-refractivity contribution is 7.99. The van der Waals surface area contributed by atoms with Crippen molar-refractivity contribution in [3.05, 3.63) is 34.6 Å². The average Bonchev–Trinajstić information content (AvgIpc) is 2.30. The van der Waals surface area contributed by atoms with Crippen molar-refractivity contribution in [1.82, 2.24) is 0 Å². The van der Waals surface area contributed by atoms with Gasteiger partial charge < -0.3 is 5.73 Å². The van der Waals surface area contributed by atoms with Gasteiger partial charge >= 0.3 is 0 Å². The molecule has 0 saturated heterocycles. The highest BCUT2D eigenvalue weighted by atomic mass is 35.5. The van der Waals surface area contributed by atoms with Gasteiger partial charge in [-0.25, -0.2) is 4.39 Å². The van der Waals surface area contributed by atoms with Crippen LogP contribution in [0.25, 0.3) is 0 Å². The molecule has 1 aromatic carbocycles. The van der Waals surface area contributed by atoms with E-state index in [0.717, 1.165) is 12.2 Å². The lowest BCUT2D eigenvalue weighted by atomic mass is 10.1. The maximum absolute atomic E-state index is 13.5. The Bertz CT molecular complexity index is 359. The zero-order valence-corrected chi connectivity index (χ0v) is 11.8. The second-order valence-corrected chi connectivity index (χ2v) is 6.16. The lowest BCUT2D eigenvalue weighted by Crippen LogP contribution is -2.27. The zero-order chi connectivity index (χ0) is 12.8. The van der Waals surface area contributed by atoms with Gasteiger partial charge in [0.05, 0.1) is 0 Å². The van der Waals surface area contributed by atoms with E-state index in [-0.39, 0.29) is 11.9 Å². The van der Waals surface area contributed by atoms with Gasteiger partial charge in [0.25, 0.3) is 0 Å². The second kappa shape index (κ2) is 7.24. The summed E-state index contributed by atoms with van der Waals surface area (Å²) in [6.45, 7) is 4.33. The fraction of sp³-hybridized carbons (Fsp3) is 0.538. The van der Waals surface area contributed by atoms with Crippen LogP contribution >= 0.6 is 23.4 Å². The van der Waals surface area contributed by atoms with Crippen molar-refractivity contribution >= 4 is 23.4 Å². The maximum Gasteiger partial charge on any atom is 0.126 e. The molecule has 0 aliphatic heterocycles. The van der Waals surface area contributed by atoms with Gasteiger partial charge in [-0.3, -0.25) is 0 Å². The van der Waals surface area contributed by atoms with Gasteiger partial charge in [0, 0.05) is 22.1 Å². The van der Waals surface area contributed by atoms with Crippen molar-refractivity contribution in [1.29, 1.82) is 0 Å². The van der Waals surface area contributed by atoms with Gasteiger partial charge in [0.1, 0.15) is 5.82 Å². The third-order valence-corrected chi connectivity index (χ3v) is 4.42. The normalized spacial score (nSPS) is 14.6. The molecule has 96 valence electrons. The summed E-state index contributed by atoms with van der Waals surface area (Å²) >= 11 is 7.67. The Morgan fingerprint density at radius 2 is 2.18 bits per heavy atom. The Morgan fingerprint density at radius 3 is 2.82 bits per heavy atom. The lowest BCUT2D eigenvalue weighted by molar-refractivity contribution is 0.597. The van der Waals surface area contributed by atoms with Crippen molar-refractivity contribution < 1.29 is 4.39 Å². The number of halogens is 2. The second-order valence-electron chi connectivity index (χ2n) is 4.25. The van der Waals surface area contributed by atoms with Gasteiger partial charge in [-0.1, -0.05) is 25.4 Å². The smallest absolute Gasteiger partial charge is 0.126 e. The minimum atomic E-state index is -0.224. The van der Waals surface area contributed by atoms with Gasteiger partial charge in [-0.2, -0.15) is 11.8 Å². The fourth-order valence-corrected chi connectivity index (χ4v) is 2.57. The monoisotopic (exact) mass is 275 g/mol. The van der Waals surface area contributed by atoms with Crippen LogP contribution in [0.1, 0.15) is 25.8 Å². The van der Waals surface area contributed by atoms with E-state index in [1.54, 1.807) is 12.1 Å². The van der Waals surface area contributed by atoms with E-state index in [1.165, 1.54) is 6.07 Å². The van der Waals surface area contributed by atoms with Crippen molar-refractivity contribution in [3.8, 4) is 0 Å². The summed E-state index contributed by atoms with van der Waals surface area (Å²) in [5.41, 5.74) is 6.60. The molecule has 2 N–H and O–H groups in total. The molecule has 0 radical (unpaired) electrons. The van der Waals surface area contributed by atoms with Crippen molar-refractivity contribution in [2.75, 3.05) is 5.75 Å². The van der Waals surface area contributed by atoms with E-state index in [4.69, 9.17) is 17.3 Å². The number of hydrogen-bond donors (Lipinski definition) is 1. The Balaban J connectivity index is 2.50. The third-order valence-electron chi connectivity index (χ3n) is 2.66. The molecule has 1 aromatic rings. The SMILES string of the molecule is CCC(C)SCC(N)Cc1cc(Cl)ccc1F. The van der Waals surface area contributed by atoms with Crippen LogP contribution in [0.15, 0.2) is 18.2 Å². The van der Waals surface area contributed by atoms with Crippen molar-refractivity contribution in [2.24, 2.45) is 5.73 Å². The van der Waals surface area contributed by atoms with E-state index >= 15 is 0 Å². The quantitative estimate of drug-likeness (QED) is 0.853. The van der Waals surface area contributed by atoms with Crippen LogP contribution in [0, 0.1) is 5.82 Å². The molecule has 1 rings (SSSR count). The van der Waals surface area contributed by atoms with Crippen molar-refractivity contribution in [2.45, 2.75) is 38.0 Å². The molecule has 0 spiro atoms. The lowest BCUT2D eigenvalue weighted by Gasteiger charge is -2.14. The molecule has 0 fully saturated rings. The molecular formula is C13H19ClFNS. The highest BCUT2D eigenvalue weighted by Gasteiger charge is 2.10. The molecule has 2 atom stereocenters. The molecule has 0 aliphatic rings. The van der Waals surface area contributed by atoms with Crippen LogP contribution in [-0.2, 0) is 6.42 Å². The summed E-state index contributed by atoms with van der Waals surface area (Å²) in [7, 11) is 0. The van der Waals surface area contributed by atoms with E-state index < -0.39 is 0 Å². The number of rotatable bonds is 6. The standard InChI is InChI=1S/C13H19ClFNS/c1-3-9(2)17-8-12(16)7-10-6-11(14)4-5-13(10)15/h4-6,9,12H,3,7-8,16H2,1-2H3. The molecule has 4 heteroatoms. The Hall–Kier alpha value is -0.250. The fourth-order valence-electron chi connectivity index (χ4n) is 1.45. The van der Waals surface area contributed by atoms with Crippen LogP contribution in [-0.4, -0.2) is 17.0 Å². The molecule has 0 heterocycles. The van der Waals surface area contributed by atoms with E-state index in [1.807, 2.05) is 11.8 Å². The topological polar surface area (TPSA) is 26.0 Å². The predicted molar refractivity (Wildman–Crippen MR) is 75.3 cm³/mol. The van der Waals surface area contributed by atoms with Gasteiger partial charge in [-0.05, 0) is 36.6 Å². The zero-order valence-electron chi connectivity index (χ0n) is 10.2. The molecular weight excluding hydrogens is 257 g/mol. The number of hydrogen-bond acceptors (Lipinski definition) is 2. The Morgan fingerprint density at radius 1 is 1.47 bits per heavy atom. The van der Waals surface area contributed by atoms with Gasteiger partial charge in [-0.15, -0.1) is 0 Å². The van der Waals surface area contributed by atoms with Crippen LogP contribution in [0.2, 0.25) is 5.02 Å². The first-order chi connectivity index (χ1) is 8.02. The summed E-state index contributed by atoms with van der Waals surface area (Å²) in [4.78, 5) is 0. The third kappa shape index (κ3) is 5.28. The molecule has 0 saturated carbocycles. The Labute approximate surface area is 112 Å². The molecule has 0 bridgehead atoms. The van der Waals surface area contributed by atoms with Crippen LogP contribution in [0.4, 0.5) is 4.39 Å². The molecule has 17 heavy (non-hydrogen) atoms. The predicted octanol–water partition coefficient (Wildman–Crippen LogP) is 3.88. The van der Waals surface area contributed by atoms with Gasteiger partial charge in [0.15, 0.2) is 0 Å². The summed E-state index contributed by atoms with van der Waals surface area (Å²) in [5, 5.41) is 1.16. The highest BCUT2D eigenvalue weighted by Crippen LogP contribution is 2.19. The summed E-state index contributed by atoms with van der Waals surface area (Å²) < 4.78 is 13.5. The summed E-state index contributed by atoms with van der Waals surface area (Å²) in [6.07, 6.45) is 1.67. The maximum atomic E-state index is 13.5. The summed E-state index contributed by atoms with van der Waals surface area (Å²) in [6, 6.07) is 4.58. The minimum Gasteiger partial charge on any atom is -0.327 e. The molecule has 2 unspecified atom stereocenters. The first-order valence-electron chi connectivity index (χ1n) is 5.84. The molecule has 0 amide bonds.